The number of carbonyl (C=O) groups excluding carboxylic acids is 1. The summed E-state index contributed by atoms with van der Waals surface area (Å²) in [7, 11) is 0. The summed E-state index contributed by atoms with van der Waals surface area (Å²) < 4.78 is 10.9. The predicted octanol–water partition coefficient (Wildman–Crippen LogP) is 5.69. The number of hydrogen-bond acceptors (Lipinski definition) is 4. The van der Waals surface area contributed by atoms with Gasteiger partial charge in [0.25, 0.3) is 5.91 Å². The van der Waals surface area contributed by atoms with E-state index in [1.807, 2.05) is 6.07 Å². The van der Waals surface area contributed by atoms with Crippen molar-refractivity contribution in [3.63, 3.8) is 0 Å². The minimum absolute atomic E-state index is 0.0132. The molecular formula is C22H28N2O3. The van der Waals surface area contributed by atoms with Crippen LogP contribution in [0.15, 0.2) is 33.9 Å². The predicted molar refractivity (Wildman–Crippen MR) is 104 cm³/mol. The molecule has 2 saturated carbocycles. The van der Waals surface area contributed by atoms with Crippen LogP contribution in [-0.2, 0) is 0 Å². The van der Waals surface area contributed by atoms with E-state index in [0.29, 0.717) is 29.3 Å². The molecule has 0 radical (unpaired) electrons. The third-order valence-electron chi connectivity index (χ3n) is 6.00. The molecule has 144 valence electrons. The monoisotopic (exact) mass is 368 g/mol. The third-order valence-corrected chi connectivity index (χ3v) is 6.00. The van der Waals surface area contributed by atoms with Crippen molar-refractivity contribution >= 4 is 12.0 Å². The Bertz CT molecular complexity index is 761. The molecule has 0 aromatic carbocycles. The van der Waals surface area contributed by atoms with E-state index in [4.69, 9.17) is 8.94 Å². The lowest BCUT2D eigenvalue weighted by Gasteiger charge is -2.41. The molecule has 5 heteroatoms. The second-order valence-corrected chi connectivity index (χ2v) is 7.82. The van der Waals surface area contributed by atoms with Crippen molar-refractivity contribution < 1.29 is 13.7 Å². The SMILES string of the molecule is C=Cc1coc(-c2cc(C(=O)N(C3CCCCC3)C3CCCCC3)no2)c1. The molecule has 0 atom stereocenters. The molecule has 0 N–H and O–H groups in total. The Labute approximate surface area is 160 Å². The molecule has 0 aliphatic heterocycles. The molecule has 0 bridgehead atoms. The van der Waals surface area contributed by atoms with Crippen molar-refractivity contribution in [2.75, 3.05) is 0 Å². The second kappa shape index (κ2) is 8.15. The van der Waals surface area contributed by atoms with E-state index < -0.39 is 0 Å². The topological polar surface area (TPSA) is 59.5 Å². The van der Waals surface area contributed by atoms with Crippen LogP contribution in [-0.4, -0.2) is 28.0 Å². The highest BCUT2D eigenvalue weighted by Crippen LogP contribution is 2.32. The summed E-state index contributed by atoms with van der Waals surface area (Å²) in [6, 6.07) is 4.23. The van der Waals surface area contributed by atoms with Gasteiger partial charge in [-0.3, -0.25) is 4.79 Å². The Balaban J connectivity index is 1.57. The quantitative estimate of drug-likeness (QED) is 0.681. The van der Waals surface area contributed by atoms with Gasteiger partial charge in [0.1, 0.15) is 0 Å². The Morgan fingerprint density at radius 1 is 1.00 bits per heavy atom. The van der Waals surface area contributed by atoms with E-state index in [2.05, 4.69) is 16.6 Å². The van der Waals surface area contributed by atoms with E-state index in [1.165, 1.54) is 38.5 Å². The van der Waals surface area contributed by atoms with Gasteiger partial charge in [-0.05, 0) is 31.7 Å². The summed E-state index contributed by atoms with van der Waals surface area (Å²) in [5, 5.41) is 4.09. The molecule has 4 rings (SSSR count). The zero-order valence-corrected chi connectivity index (χ0v) is 15.9. The first kappa shape index (κ1) is 18.1. The smallest absolute Gasteiger partial charge is 0.276 e. The molecule has 2 aromatic heterocycles. The Morgan fingerprint density at radius 2 is 1.63 bits per heavy atom. The van der Waals surface area contributed by atoms with Crippen LogP contribution in [0, 0.1) is 0 Å². The number of furan rings is 1. The van der Waals surface area contributed by atoms with Crippen LogP contribution in [0.5, 0.6) is 0 Å². The highest BCUT2D eigenvalue weighted by atomic mass is 16.5. The molecule has 1 amide bonds. The molecule has 2 heterocycles. The minimum Gasteiger partial charge on any atom is -0.460 e. The average molecular weight is 368 g/mol. The summed E-state index contributed by atoms with van der Waals surface area (Å²) >= 11 is 0. The van der Waals surface area contributed by atoms with Crippen molar-refractivity contribution in [1.82, 2.24) is 10.1 Å². The second-order valence-electron chi connectivity index (χ2n) is 7.82. The normalized spacial score (nSPS) is 19.1. The molecular weight excluding hydrogens is 340 g/mol. The van der Waals surface area contributed by atoms with E-state index in [0.717, 1.165) is 31.2 Å². The zero-order valence-electron chi connectivity index (χ0n) is 15.9. The van der Waals surface area contributed by atoms with Crippen LogP contribution in [0.3, 0.4) is 0 Å². The first-order chi connectivity index (χ1) is 13.3. The highest BCUT2D eigenvalue weighted by Gasteiger charge is 2.34. The molecule has 5 nitrogen and oxygen atoms in total. The van der Waals surface area contributed by atoms with Gasteiger partial charge in [-0.15, -0.1) is 0 Å². The maximum absolute atomic E-state index is 13.4. The minimum atomic E-state index is 0.0132. The fourth-order valence-electron chi connectivity index (χ4n) is 4.56. The lowest BCUT2D eigenvalue weighted by molar-refractivity contribution is 0.0438. The fourth-order valence-corrected chi connectivity index (χ4v) is 4.56. The van der Waals surface area contributed by atoms with Crippen LogP contribution >= 0.6 is 0 Å². The number of rotatable bonds is 5. The van der Waals surface area contributed by atoms with Gasteiger partial charge >= 0.3 is 0 Å². The Hall–Kier alpha value is -2.30. The van der Waals surface area contributed by atoms with Crippen molar-refractivity contribution in [1.29, 1.82) is 0 Å². The highest BCUT2D eigenvalue weighted by molar-refractivity contribution is 5.93. The maximum Gasteiger partial charge on any atom is 0.276 e. The van der Waals surface area contributed by atoms with E-state index in [1.54, 1.807) is 18.4 Å². The number of aromatic nitrogens is 1. The van der Waals surface area contributed by atoms with E-state index in [9.17, 15) is 4.79 Å². The molecule has 2 aromatic rings. The lowest BCUT2D eigenvalue weighted by Crippen LogP contribution is -2.48. The largest absolute Gasteiger partial charge is 0.460 e. The van der Waals surface area contributed by atoms with Crippen LogP contribution < -0.4 is 0 Å². The summed E-state index contributed by atoms with van der Waals surface area (Å²) in [5.74, 6) is 1.07. The van der Waals surface area contributed by atoms with Gasteiger partial charge in [0.2, 0.25) is 5.76 Å². The summed E-state index contributed by atoms with van der Waals surface area (Å²) in [5.41, 5.74) is 1.26. The zero-order chi connectivity index (χ0) is 18.6. The van der Waals surface area contributed by atoms with Gasteiger partial charge in [0.15, 0.2) is 11.5 Å². The van der Waals surface area contributed by atoms with E-state index in [-0.39, 0.29) is 5.91 Å². The van der Waals surface area contributed by atoms with Crippen molar-refractivity contribution in [2.45, 2.75) is 76.3 Å². The summed E-state index contributed by atoms with van der Waals surface area (Å²) in [6.07, 6.45) is 15.1. The maximum atomic E-state index is 13.4. The van der Waals surface area contributed by atoms with Crippen molar-refractivity contribution in [3.8, 4) is 11.5 Å². The van der Waals surface area contributed by atoms with Gasteiger partial charge in [-0.2, -0.15) is 0 Å². The van der Waals surface area contributed by atoms with Gasteiger partial charge in [0, 0.05) is 23.7 Å². The van der Waals surface area contributed by atoms with Crippen LogP contribution in [0.25, 0.3) is 17.6 Å². The van der Waals surface area contributed by atoms with Crippen LogP contribution in [0.1, 0.15) is 80.3 Å². The standard InChI is InChI=1S/C22H28N2O3/c1-2-16-13-20(26-15-16)21-14-19(23-27-21)22(25)24(17-9-5-3-6-10-17)18-11-7-4-8-12-18/h2,13-15,17-18H,1,3-12H2. The molecule has 0 spiro atoms. The Morgan fingerprint density at radius 3 is 2.19 bits per heavy atom. The first-order valence-electron chi connectivity index (χ1n) is 10.3. The van der Waals surface area contributed by atoms with Gasteiger partial charge < -0.3 is 13.8 Å². The van der Waals surface area contributed by atoms with Crippen LogP contribution in [0.2, 0.25) is 0 Å². The average Bonchev–Trinajstić information content (AvgIpc) is 3.39. The molecule has 27 heavy (non-hydrogen) atoms. The van der Waals surface area contributed by atoms with Gasteiger partial charge in [0.05, 0.1) is 6.26 Å². The van der Waals surface area contributed by atoms with Gasteiger partial charge in [-0.1, -0.05) is 56.3 Å². The number of carbonyl (C=O) groups is 1. The summed E-state index contributed by atoms with van der Waals surface area (Å²) in [4.78, 5) is 15.6. The molecule has 0 saturated heterocycles. The summed E-state index contributed by atoms with van der Waals surface area (Å²) in [6.45, 7) is 3.73. The molecule has 2 aliphatic carbocycles. The van der Waals surface area contributed by atoms with Crippen molar-refractivity contribution in [3.05, 3.63) is 36.2 Å². The van der Waals surface area contributed by atoms with Crippen LogP contribution in [0.4, 0.5) is 0 Å². The third kappa shape index (κ3) is 3.87. The molecule has 0 unspecified atom stereocenters. The van der Waals surface area contributed by atoms with Crippen molar-refractivity contribution in [2.24, 2.45) is 0 Å². The molecule has 2 fully saturated rings. The number of hydrogen-bond donors (Lipinski definition) is 0. The fraction of sp³-hybridized carbons (Fsp3) is 0.545. The number of amides is 1. The Kier molecular flexibility index (Phi) is 5.46. The van der Waals surface area contributed by atoms with Gasteiger partial charge in [-0.25, -0.2) is 0 Å². The lowest BCUT2D eigenvalue weighted by atomic mass is 9.88. The molecule has 2 aliphatic rings. The first-order valence-corrected chi connectivity index (χ1v) is 10.3. The van der Waals surface area contributed by atoms with E-state index >= 15 is 0 Å². The number of nitrogens with zero attached hydrogens (tertiary/aromatic N) is 2.